The van der Waals surface area contributed by atoms with E-state index in [1.165, 1.54) is 32.1 Å². The molecule has 1 heterocycles. The number of pyridine rings is 1. The summed E-state index contributed by atoms with van der Waals surface area (Å²) in [5.74, 6) is -0.0316. The van der Waals surface area contributed by atoms with Gasteiger partial charge in [-0.25, -0.2) is 5.43 Å². The number of carbonyl (C=O) groups is 1. The van der Waals surface area contributed by atoms with Gasteiger partial charge < -0.3 is 0 Å². The molecule has 1 aromatic heterocycles. The van der Waals surface area contributed by atoms with E-state index in [0.29, 0.717) is 6.42 Å². The summed E-state index contributed by atoms with van der Waals surface area (Å²) < 4.78 is 0. The molecule has 26 heavy (non-hydrogen) atoms. The zero-order chi connectivity index (χ0) is 18.5. The maximum absolute atomic E-state index is 12.1. The fraction of sp³-hybridized carbons (Fsp3) is 0.409. The van der Waals surface area contributed by atoms with Crippen LogP contribution in [0.4, 0.5) is 0 Å². The average Bonchev–Trinajstić information content (AvgIpc) is 2.69. The minimum atomic E-state index is -0.0316. The predicted octanol–water partition coefficient (Wildman–Crippen LogP) is 5.09. The molecule has 0 unspecified atom stereocenters. The molecule has 0 aliphatic rings. The van der Waals surface area contributed by atoms with Gasteiger partial charge >= 0.3 is 0 Å². The second kappa shape index (κ2) is 12.0. The number of carbonyl (C=O) groups excluding carboxylic acids is 1. The van der Waals surface area contributed by atoms with Crippen molar-refractivity contribution < 1.29 is 4.79 Å². The predicted molar refractivity (Wildman–Crippen MR) is 107 cm³/mol. The molecule has 0 aliphatic carbocycles. The Labute approximate surface area is 156 Å². The van der Waals surface area contributed by atoms with Gasteiger partial charge in [0.25, 0.3) is 0 Å². The quantitative estimate of drug-likeness (QED) is 0.348. The molecule has 2 rings (SSSR count). The van der Waals surface area contributed by atoms with E-state index >= 15 is 0 Å². The number of nitrogens with zero attached hydrogens (tertiary/aromatic N) is 2. The summed E-state index contributed by atoms with van der Waals surface area (Å²) >= 11 is 0. The summed E-state index contributed by atoms with van der Waals surface area (Å²) in [6.45, 7) is 2.22. The molecule has 0 bridgehead atoms. The lowest BCUT2D eigenvalue weighted by atomic mass is 10.0. The molecular formula is C22H29N3O. The van der Waals surface area contributed by atoms with Crippen LogP contribution in [0.3, 0.4) is 0 Å². The van der Waals surface area contributed by atoms with Crippen LogP contribution in [-0.2, 0) is 4.79 Å². The fourth-order valence-electron chi connectivity index (χ4n) is 2.81. The van der Waals surface area contributed by atoms with E-state index in [2.05, 4.69) is 22.4 Å². The lowest BCUT2D eigenvalue weighted by Crippen LogP contribution is -2.20. The summed E-state index contributed by atoms with van der Waals surface area (Å²) in [4.78, 5) is 16.3. The molecule has 0 spiro atoms. The van der Waals surface area contributed by atoms with Crippen molar-refractivity contribution in [1.82, 2.24) is 10.4 Å². The number of aromatic nitrogens is 1. The van der Waals surface area contributed by atoms with Crippen molar-refractivity contribution in [1.29, 1.82) is 0 Å². The lowest BCUT2D eigenvalue weighted by molar-refractivity contribution is -0.121. The Bertz CT molecular complexity index is 627. The van der Waals surface area contributed by atoms with Gasteiger partial charge in [-0.2, -0.15) is 5.10 Å². The molecule has 0 atom stereocenters. The van der Waals surface area contributed by atoms with Gasteiger partial charge in [-0.15, -0.1) is 0 Å². The fourth-order valence-corrected chi connectivity index (χ4v) is 2.81. The van der Waals surface area contributed by atoms with E-state index in [1.807, 2.05) is 42.5 Å². The van der Waals surface area contributed by atoms with E-state index < -0.39 is 0 Å². The van der Waals surface area contributed by atoms with E-state index in [0.717, 1.165) is 29.7 Å². The normalized spacial score (nSPS) is 11.3. The first-order chi connectivity index (χ1) is 12.8. The highest BCUT2D eigenvalue weighted by atomic mass is 16.2. The molecule has 138 valence electrons. The van der Waals surface area contributed by atoms with Gasteiger partial charge in [0.2, 0.25) is 5.91 Å². The largest absolute Gasteiger partial charge is 0.273 e. The van der Waals surface area contributed by atoms with E-state index in [4.69, 9.17) is 0 Å². The van der Waals surface area contributed by atoms with Crippen molar-refractivity contribution in [3.05, 3.63) is 66.0 Å². The van der Waals surface area contributed by atoms with Gasteiger partial charge in [-0.1, -0.05) is 75.8 Å². The van der Waals surface area contributed by atoms with Crippen LogP contribution < -0.4 is 5.43 Å². The first-order valence-electron chi connectivity index (χ1n) is 9.63. The van der Waals surface area contributed by atoms with Gasteiger partial charge in [-0.3, -0.25) is 9.78 Å². The Balaban J connectivity index is 1.87. The molecule has 0 fully saturated rings. The third kappa shape index (κ3) is 7.18. The molecule has 0 radical (unpaired) electrons. The second-order valence-electron chi connectivity index (χ2n) is 6.47. The third-order valence-corrected chi connectivity index (χ3v) is 4.28. The van der Waals surface area contributed by atoms with Crippen LogP contribution in [0, 0.1) is 0 Å². The van der Waals surface area contributed by atoms with Crippen LogP contribution in [0.1, 0.15) is 69.4 Å². The van der Waals surface area contributed by atoms with Gasteiger partial charge in [-0.05, 0) is 18.6 Å². The van der Waals surface area contributed by atoms with Gasteiger partial charge in [0.1, 0.15) is 0 Å². The molecular weight excluding hydrogens is 322 g/mol. The summed E-state index contributed by atoms with van der Waals surface area (Å²) in [6, 6.07) is 13.7. The van der Waals surface area contributed by atoms with E-state index in [-0.39, 0.29) is 5.91 Å². The topological polar surface area (TPSA) is 54.4 Å². The minimum absolute atomic E-state index is 0.0316. The van der Waals surface area contributed by atoms with Crippen LogP contribution in [-0.4, -0.2) is 16.6 Å². The number of amides is 1. The molecule has 2 aromatic rings. The highest BCUT2D eigenvalue weighted by Crippen LogP contribution is 2.10. The first kappa shape index (κ1) is 19.8. The standard InChI is InChI=1S/C22H29N3O/c1-2-3-4-5-6-7-11-16-21(26)24-25-22(19-13-9-8-10-14-19)20-15-12-17-23-18-20/h8-10,12-15,17-18H,2-7,11,16H2,1H3,(H,24,26)/b25-22+. The van der Waals surface area contributed by atoms with Gasteiger partial charge in [0, 0.05) is 29.9 Å². The maximum atomic E-state index is 12.1. The van der Waals surface area contributed by atoms with E-state index in [9.17, 15) is 4.79 Å². The van der Waals surface area contributed by atoms with Crippen molar-refractivity contribution in [2.75, 3.05) is 0 Å². The Hall–Kier alpha value is -2.49. The summed E-state index contributed by atoms with van der Waals surface area (Å²) in [5, 5.41) is 4.38. The highest BCUT2D eigenvalue weighted by molar-refractivity contribution is 6.12. The first-order valence-corrected chi connectivity index (χ1v) is 9.63. The zero-order valence-electron chi connectivity index (χ0n) is 15.7. The van der Waals surface area contributed by atoms with Gasteiger partial charge in [0.15, 0.2) is 0 Å². The Morgan fingerprint density at radius 3 is 2.31 bits per heavy atom. The van der Waals surface area contributed by atoms with Crippen molar-refractivity contribution in [2.45, 2.75) is 58.3 Å². The summed E-state index contributed by atoms with van der Waals surface area (Å²) in [6.07, 6.45) is 12.4. The number of hydrogen-bond donors (Lipinski definition) is 1. The van der Waals surface area contributed by atoms with E-state index in [1.54, 1.807) is 12.4 Å². The smallest absolute Gasteiger partial charge is 0.240 e. The molecule has 0 aliphatic heterocycles. The number of unbranched alkanes of at least 4 members (excludes halogenated alkanes) is 6. The summed E-state index contributed by atoms with van der Waals surface area (Å²) in [7, 11) is 0. The van der Waals surface area contributed by atoms with Crippen LogP contribution in [0.15, 0.2) is 60.0 Å². The Morgan fingerprint density at radius 2 is 1.62 bits per heavy atom. The maximum Gasteiger partial charge on any atom is 0.240 e. The lowest BCUT2D eigenvalue weighted by Gasteiger charge is -2.07. The van der Waals surface area contributed by atoms with Crippen LogP contribution >= 0.6 is 0 Å². The molecule has 4 heteroatoms. The molecule has 0 saturated carbocycles. The Morgan fingerprint density at radius 1 is 0.923 bits per heavy atom. The number of hydrazone groups is 1. The van der Waals surface area contributed by atoms with Crippen LogP contribution in [0.25, 0.3) is 0 Å². The van der Waals surface area contributed by atoms with Gasteiger partial charge in [0.05, 0.1) is 5.71 Å². The van der Waals surface area contributed by atoms with Crippen molar-refractivity contribution in [3.63, 3.8) is 0 Å². The molecule has 1 amide bonds. The van der Waals surface area contributed by atoms with Crippen LogP contribution in [0.2, 0.25) is 0 Å². The third-order valence-electron chi connectivity index (χ3n) is 4.28. The Kier molecular flexibility index (Phi) is 9.12. The molecule has 1 aromatic carbocycles. The number of rotatable bonds is 11. The SMILES string of the molecule is CCCCCCCCCC(=O)N/N=C(\c1ccccc1)c1cccnc1. The second-order valence-corrected chi connectivity index (χ2v) is 6.47. The summed E-state index contributed by atoms with van der Waals surface area (Å²) in [5.41, 5.74) is 5.28. The van der Waals surface area contributed by atoms with Crippen LogP contribution in [0.5, 0.6) is 0 Å². The van der Waals surface area contributed by atoms with Crippen molar-refractivity contribution >= 4 is 11.6 Å². The highest BCUT2D eigenvalue weighted by Gasteiger charge is 2.08. The molecule has 1 N–H and O–H groups in total. The monoisotopic (exact) mass is 351 g/mol. The van der Waals surface area contributed by atoms with Crippen molar-refractivity contribution in [2.24, 2.45) is 5.10 Å². The van der Waals surface area contributed by atoms with Crippen molar-refractivity contribution in [3.8, 4) is 0 Å². The number of hydrogen-bond acceptors (Lipinski definition) is 3. The number of benzene rings is 1. The average molecular weight is 351 g/mol. The zero-order valence-corrected chi connectivity index (χ0v) is 15.7. The number of nitrogens with one attached hydrogen (secondary N) is 1. The minimum Gasteiger partial charge on any atom is -0.273 e. The molecule has 4 nitrogen and oxygen atoms in total. The molecule has 0 saturated heterocycles.